The lowest BCUT2D eigenvalue weighted by Gasteiger charge is -2.08. The third kappa shape index (κ3) is 5.23. The van der Waals surface area contributed by atoms with Gasteiger partial charge in [0.25, 0.3) is 0 Å². The van der Waals surface area contributed by atoms with E-state index in [1.54, 1.807) is 12.3 Å². The minimum absolute atomic E-state index is 0.249. The molecule has 0 amide bonds. The first-order valence-electron chi connectivity index (χ1n) is 9.14. The average Bonchev–Trinajstić information content (AvgIpc) is 3.23. The molecule has 30 heavy (non-hydrogen) atoms. The van der Waals surface area contributed by atoms with Gasteiger partial charge in [-0.15, -0.1) is 11.3 Å². The molecule has 0 atom stereocenters. The molecule has 4 aromatic rings. The van der Waals surface area contributed by atoms with Crippen LogP contribution in [0.4, 0.5) is 9.52 Å². The van der Waals surface area contributed by atoms with Crippen LogP contribution in [0.5, 0.6) is 5.75 Å². The number of ether oxygens (including phenoxy) is 1. The van der Waals surface area contributed by atoms with Crippen LogP contribution in [0.15, 0.2) is 83.3 Å². The highest BCUT2D eigenvalue weighted by Gasteiger charge is 2.04. The Morgan fingerprint density at radius 3 is 2.77 bits per heavy atom. The molecule has 0 saturated heterocycles. The molecule has 0 aliphatic rings. The normalized spacial score (nSPS) is 11.0. The molecule has 1 heterocycles. The molecule has 1 aromatic heterocycles. The average molecular weight is 438 g/mol. The molecule has 0 fully saturated rings. The minimum atomic E-state index is -0.370. The number of thiazole rings is 1. The maximum atomic E-state index is 13.1. The van der Waals surface area contributed by atoms with Crippen LogP contribution in [-0.2, 0) is 6.61 Å². The standard InChI is InChI=1S/C23H17ClFN3OS/c24-21-12-19(25)10-9-18(21)14-29-20-8-4-5-16(11-20)13-26-28-23-27-22(15-30-23)17-6-2-1-3-7-17/h1-13,15H,14H2,(H,27,28). The van der Waals surface area contributed by atoms with Crippen molar-refractivity contribution in [2.24, 2.45) is 5.10 Å². The summed E-state index contributed by atoms with van der Waals surface area (Å²) in [4.78, 5) is 4.54. The Balaban J connectivity index is 1.36. The monoisotopic (exact) mass is 437 g/mol. The van der Waals surface area contributed by atoms with Crippen LogP contribution >= 0.6 is 22.9 Å². The summed E-state index contributed by atoms with van der Waals surface area (Å²) in [6.07, 6.45) is 1.70. The van der Waals surface area contributed by atoms with Gasteiger partial charge in [0.15, 0.2) is 0 Å². The van der Waals surface area contributed by atoms with E-state index in [1.807, 2.05) is 60.0 Å². The number of rotatable bonds is 7. The highest BCUT2D eigenvalue weighted by atomic mass is 35.5. The SMILES string of the molecule is Fc1ccc(COc2cccc(C=NNc3nc(-c4ccccc4)cs3)c2)c(Cl)c1. The number of hydrogen-bond acceptors (Lipinski definition) is 5. The van der Waals surface area contributed by atoms with E-state index in [-0.39, 0.29) is 12.4 Å². The van der Waals surface area contributed by atoms with Crippen molar-refractivity contribution in [3.63, 3.8) is 0 Å². The molecule has 4 nitrogen and oxygen atoms in total. The molecular formula is C23H17ClFN3OS. The van der Waals surface area contributed by atoms with E-state index in [1.165, 1.54) is 23.5 Å². The third-order valence-corrected chi connectivity index (χ3v) is 5.31. The van der Waals surface area contributed by atoms with E-state index < -0.39 is 0 Å². The van der Waals surface area contributed by atoms with Crippen molar-refractivity contribution in [1.29, 1.82) is 0 Å². The first kappa shape index (κ1) is 20.1. The van der Waals surface area contributed by atoms with Gasteiger partial charge < -0.3 is 4.74 Å². The van der Waals surface area contributed by atoms with Gasteiger partial charge in [-0.3, -0.25) is 5.43 Å². The van der Waals surface area contributed by atoms with Crippen LogP contribution in [0.2, 0.25) is 5.02 Å². The van der Waals surface area contributed by atoms with Crippen molar-refractivity contribution >= 4 is 34.3 Å². The van der Waals surface area contributed by atoms with Gasteiger partial charge in [0, 0.05) is 16.5 Å². The number of hydrogen-bond donors (Lipinski definition) is 1. The molecule has 0 aliphatic heterocycles. The van der Waals surface area contributed by atoms with Crippen LogP contribution in [0, 0.1) is 5.82 Å². The summed E-state index contributed by atoms with van der Waals surface area (Å²) in [7, 11) is 0. The summed E-state index contributed by atoms with van der Waals surface area (Å²) in [5, 5.41) is 7.30. The largest absolute Gasteiger partial charge is 0.489 e. The van der Waals surface area contributed by atoms with Gasteiger partial charge in [0.1, 0.15) is 18.2 Å². The van der Waals surface area contributed by atoms with Crippen LogP contribution in [-0.4, -0.2) is 11.2 Å². The second kappa shape index (κ2) is 9.52. The van der Waals surface area contributed by atoms with Gasteiger partial charge in [-0.25, -0.2) is 9.37 Å². The Morgan fingerprint density at radius 2 is 1.93 bits per heavy atom. The topological polar surface area (TPSA) is 46.5 Å². The number of halogens is 2. The van der Waals surface area contributed by atoms with E-state index in [9.17, 15) is 4.39 Å². The van der Waals surface area contributed by atoms with E-state index >= 15 is 0 Å². The summed E-state index contributed by atoms with van der Waals surface area (Å²) >= 11 is 7.53. The number of nitrogens with zero attached hydrogens (tertiary/aromatic N) is 2. The predicted molar refractivity (Wildman–Crippen MR) is 121 cm³/mol. The summed E-state index contributed by atoms with van der Waals surface area (Å²) in [6, 6.07) is 21.7. The molecule has 1 N–H and O–H groups in total. The number of anilines is 1. The van der Waals surface area contributed by atoms with E-state index in [0.717, 1.165) is 22.4 Å². The van der Waals surface area contributed by atoms with E-state index in [2.05, 4.69) is 15.5 Å². The fourth-order valence-corrected chi connectivity index (χ4v) is 3.60. The Labute approximate surface area is 182 Å². The van der Waals surface area contributed by atoms with E-state index in [0.29, 0.717) is 15.9 Å². The zero-order chi connectivity index (χ0) is 20.8. The Hall–Kier alpha value is -3.22. The van der Waals surface area contributed by atoms with Gasteiger partial charge in [0.05, 0.1) is 16.9 Å². The molecule has 3 aromatic carbocycles. The Morgan fingerprint density at radius 1 is 1.07 bits per heavy atom. The molecule has 0 saturated carbocycles. The third-order valence-electron chi connectivity index (χ3n) is 4.22. The fraction of sp³-hybridized carbons (Fsp3) is 0.0435. The lowest BCUT2D eigenvalue weighted by Crippen LogP contribution is -1.97. The van der Waals surface area contributed by atoms with Crippen molar-refractivity contribution in [2.75, 3.05) is 5.43 Å². The molecule has 150 valence electrons. The fourth-order valence-electron chi connectivity index (χ4n) is 2.71. The zero-order valence-electron chi connectivity index (χ0n) is 15.8. The maximum Gasteiger partial charge on any atom is 0.203 e. The lowest BCUT2D eigenvalue weighted by molar-refractivity contribution is 0.306. The summed E-state index contributed by atoms with van der Waals surface area (Å²) in [5.74, 6) is 0.297. The van der Waals surface area contributed by atoms with Crippen molar-refractivity contribution in [3.05, 3.63) is 100 Å². The quantitative estimate of drug-likeness (QED) is 0.261. The van der Waals surface area contributed by atoms with Gasteiger partial charge in [-0.1, -0.05) is 60.1 Å². The molecule has 7 heteroatoms. The van der Waals surface area contributed by atoms with Crippen molar-refractivity contribution in [3.8, 4) is 17.0 Å². The smallest absolute Gasteiger partial charge is 0.203 e. The van der Waals surface area contributed by atoms with Gasteiger partial charge in [0.2, 0.25) is 5.13 Å². The van der Waals surface area contributed by atoms with Crippen LogP contribution in [0.1, 0.15) is 11.1 Å². The maximum absolute atomic E-state index is 13.1. The highest BCUT2D eigenvalue weighted by molar-refractivity contribution is 7.14. The lowest BCUT2D eigenvalue weighted by atomic mass is 10.2. The highest BCUT2D eigenvalue weighted by Crippen LogP contribution is 2.24. The van der Waals surface area contributed by atoms with Crippen molar-refractivity contribution < 1.29 is 9.13 Å². The van der Waals surface area contributed by atoms with Crippen molar-refractivity contribution in [1.82, 2.24) is 4.98 Å². The zero-order valence-corrected chi connectivity index (χ0v) is 17.3. The number of aromatic nitrogens is 1. The van der Waals surface area contributed by atoms with Crippen molar-refractivity contribution in [2.45, 2.75) is 6.61 Å². The first-order chi connectivity index (χ1) is 14.7. The first-order valence-corrected chi connectivity index (χ1v) is 10.4. The van der Waals surface area contributed by atoms with E-state index in [4.69, 9.17) is 16.3 Å². The molecule has 0 unspecified atom stereocenters. The minimum Gasteiger partial charge on any atom is -0.489 e. The summed E-state index contributed by atoms with van der Waals surface area (Å²) in [6.45, 7) is 0.249. The second-order valence-electron chi connectivity index (χ2n) is 6.37. The Kier molecular flexibility index (Phi) is 6.37. The molecule has 0 spiro atoms. The number of hydrazone groups is 1. The Bertz CT molecular complexity index is 1160. The molecular weight excluding hydrogens is 421 g/mol. The molecule has 0 aliphatic carbocycles. The van der Waals surface area contributed by atoms with Crippen LogP contribution in [0.25, 0.3) is 11.3 Å². The molecule has 4 rings (SSSR count). The summed E-state index contributed by atoms with van der Waals surface area (Å²) in [5.41, 5.74) is 6.52. The predicted octanol–water partition coefficient (Wildman–Crippen LogP) is 6.63. The molecule has 0 bridgehead atoms. The number of nitrogens with one attached hydrogen (secondary N) is 1. The number of benzene rings is 3. The summed E-state index contributed by atoms with van der Waals surface area (Å²) < 4.78 is 18.9. The van der Waals surface area contributed by atoms with Gasteiger partial charge in [-0.2, -0.15) is 5.10 Å². The van der Waals surface area contributed by atoms with Crippen LogP contribution in [0.3, 0.4) is 0 Å². The van der Waals surface area contributed by atoms with Gasteiger partial charge in [-0.05, 0) is 29.8 Å². The molecule has 0 radical (unpaired) electrons. The van der Waals surface area contributed by atoms with Gasteiger partial charge >= 0.3 is 0 Å². The second-order valence-corrected chi connectivity index (χ2v) is 7.64. The van der Waals surface area contributed by atoms with Crippen LogP contribution < -0.4 is 10.2 Å².